The summed E-state index contributed by atoms with van der Waals surface area (Å²) < 4.78 is 5.85. The van der Waals surface area contributed by atoms with Crippen LogP contribution in [0.3, 0.4) is 0 Å². The van der Waals surface area contributed by atoms with Crippen molar-refractivity contribution in [2.24, 2.45) is 0 Å². The number of ketones is 1. The van der Waals surface area contributed by atoms with Crippen molar-refractivity contribution in [3.8, 4) is 5.75 Å². The van der Waals surface area contributed by atoms with Gasteiger partial charge in [0.25, 0.3) is 0 Å². The molecule has 2 aromatic rings. The van der Waals surface area contributed by atoms with Gasteiger partial charge < -0.3 is 15.0 Å². The molecule has 3 rings (SSSR count). The van der Waals surface area contributed by atoms with E-state index in [0.29, 0.717) is 34.6 Å². The average Bonchev–Trinajstić information content (AvgIpc) is 2.67. The number of halogens is 1. The summed E-state index contributed by atoms with van der Waals surface area (Å²) in [6.45, 7) is 6.66. The van der Waals surface area contributed by atoms with Crippen LogP contribution in [0.25, 0.3) is 0 Å². The van der Waals surface area contributed by atoms with E-state index in [0.717, 1.165) is 16.8 Å². The van der Waals surface area contributed by atoms with Crippen molar-refractivity contribution in [1.29, 1.82) is 0 Å². The number of nitrogens with zero attached hydrogens (tertiary/aromatic N) is 1. The molecule has 0 saturated carbocycles. The molecule has 0 aliphatic carbocycles. The van der Waals surface area contributed by atoms with Crippen LogP contribution in [0.5, 0.6) is 5.75 Å². The van der Waals surface area contributed by atoms with E-state index >= 15 is 0 Å². The van der Waals surface area contributed by atoms with Crippen molar-refractivity contribution in [3.63, 3.8) is 0 Å². The molecular weight excluding hydrogens is 392 g/mol. The fourth-order valence-electron chi connectivity index (χ4n) is 3.42. The van der Waals surface area contributed by atoms with Crippen molar-refractivity contribution in [1.82, 2.24) is 10.2 Å². The van der Waals surface area contributed by atoms with Crippen molar-refractivity contribution < 1.29 is 9.53 Å². The van der Waals surface area contributed by atoms with Crippen LogP contribution < -0.4 is 10.1 Å². The van der Waals surface area contributed by atoms with Gasteiger partial charge in [0.05, 0.1) is 11.1 Å². The minimum atomic E-state index is -0.325. The predicted molar refractivity (Wildman–Crippen MR) is 116 cm³/mol. The zero-order chi connectivity index (χ0) is 20.3. The summed E-state index contributed by atoms with van der Waals surface area (Å²) in [7, 11) is 0. The standard InChI is InChI=1S/C22H23ClN2O2S/c1-4-25-14(2)20(15(3)26)21(24-22(25)28)17-10-11-19(18(23)12-17)27-13-16-8-6-5-7-9-16/h5-12,21H,4,13H2,1-3H3,(H,24,28). The molecule has 0 bridgehead atoms. The van der Waals surface area contributed by atoms with Gasteiger partial charge in [0.1, 0.15) is 12.4 Å². The average molecular weight is 415 g/mol. The SMILES string of the molecule is CCN1C(=S)NC(c2ccc(OCc3ccccc3)c(Cl)c2)C(C(C)=O)=C1C. The van der Waals surface area contributed by atoms with Crippen molar-refractivity contribution in [2.75, 3.05) is 6.54 Å². The highest BCUT2D eigenvalue weighted by atomic mass is 35.5. The molecular formula is C22H23ClN2O2S. The highest BCUT2D eigenvalue weighted by Crippen LogP contribution is 2.35. The minimum absolute atomic E-state index is 0.0106. The van der Waals surface area contributed by atoms with Gasteiger partial charge in [-0.3, -0.25) is 4.79 Å². The highest BCUT2D eigenvalue weighted by molar-refractivity contribution is 7.80. The topological polar surface area (TPSA) is 41.6 Å². The molecule has 1 N–H and O–H groups in total. The zero-order valence-corrected chi connectivity index (χ0v) is 17.7. The number of Topliss-reactive ketones (excluding diaryl/α,β-unsaturated/α-hetero) is 1. The lowest BCUT2D eigenvalue weighted by atomic mass is 9.92. The molecule has 0 aromatic heterocycles. The van der Waals surface area contributed by atoms with Crippen LogP contribution >= 0.6 is 23.8 Å². The van der Waals surface area contributed by atoms with Crippen LogP contribution in [-0.4, -0.2) is 22.3 Å². The van der Waals surface area contributed by atoms with Gasteiger partial charge in [-0.2, -0.15) is 0 Å². The number of hydrogen-bond acceptors (Lipinski definition) is 3. The van der Waals surface area contributed by atoms with E-state index in [9.17, 15) is 4.79 Å². The maximum Gasteiger partial charge on any atom is 0.173 e. The molecule has 28 heavy (non-hydrogen) atoms. The van der Waals surface area contributed by atoms with Gasteiger partial charge in [-0.25, -0.2) is 0 Å². The maximum absolute atomic E-state index is 12.3. The molecule has 1 unspecified atom stereocenters. The molecule has 1 aliphatic heterocycles. The first-order valence-electron chi connectivity index (χ1n) is 9.18. The first-order chi connectivity index (χ1) is 13.4. The highest BCUT2D eigenvalue weighted by Gasteiger charge is 2.31. The van der Waals surface area contributed by atoms with E-state index in [4.69, 9.17) is 28.6 Å². The number of benzene rings is 2. The Morgan fingerprint density at radius 1 is 1.25 bits per heavy atom. The molecule has 0 spiro atoms. The summed E-state index contributed by atoms with van der Waals surface area (Å²) in [6.07, 6.45) is 0. The van der Waals surface area contributed by atoms with E-state index in [1.165, 1.54) is 0 Å². The second kappa shape index (κ2) is 8.76. The van der Waals surface area contributed by atoms with Crippen molar-refractivity contribution in [2.45, 2.75) is 33.4 Å². The van der Waals surface area contributed by atoms with E-state index in [-0.39, 0.29) is 11.8 Å². The molecule has 4 nitrogen and oxygen atoms in total. The monoisotopic (exact) mass is 414 g/mol. The quantitative estimate of drug-likeness (QED) is 0.671. The number of thiocarbonyl (C=S) groups is 1. The van der Waals surface area contributed by atoms with Gasteiger partial charge in [0.15, 0.2) is 10.9 Å². The van der Waals surface area contributed by atoms with Crippen LogP contribution in [0.4, 0.5) is 0 Å². The Balaban J connectivity index is 1.87. The summed E-state index contributed by atoms with van der Waals surface area (Å²) in [4.78, 5) is 14.3. The lowest BCUT2D eigenvalue weighted by Crippen LogP contribution is -2.47. The molecule has 6 heteroatoms. The summed E-state index contributed by atoms with van der Waals surface area (Å²) in [6, 6.07) is 15.2. The third-order valence-electron chi connectivity index (χ3n) is 4.82. The number of nitrogens with one attached hydrogen (secondary N) is 1. The molecule has 0 radical (unpaired) electrons. The molecule has 0 saturated heterocycles. The number of allylic oxidation sites excluding steroid dienone is 1. The van der Waals surface area contributed by atoms with Gasteiger partial charge in [-0.15, -0.1) is 0 Å². The summed E-state index contributed by atoms with van der Waals surface area (Å²) >= 11 is 12.0. The van der Waals surface area contributed by atoms with Gasteiger partial charge >= 0.3 is 0 Å². The number of carbonyl (C=O) groups excluding carboxylic acids is 1. The number of ether oxygens (including phenoxy) is 1. The second-order valence-electron chi connectivity index (χ2n) is 6.65. The number of carbonyl (C=O) groups is 1. The van der Waals surface area contributed by atoms with E-state index in [1.807, 2.05) is 67.3 Å². The van der Waals surface area contributed by atoms with E-state index in [2.05, 4.69) is 5.32 Å². The second-order valence-corrected chi connectivity index (χ2v) is 7.44. The number of rotatable bonds is 6. The maximum atomic E-state index is 12.3. The van der Waals surface area contributed by atoms with E-state index < -0.39 is 0 Å². The van der Waals surface area contributed by atoms with Crippen LogP contribution in [0.1, 0.15) is 37.9 Å². The molecule has 2 aromatic carbocycles. The first-order valence-corrected chi connectivity index (χ1v) is 9.97. The minimum Gasteiger partial charge on any atom is -0.487 e. The molecule has 0 fully saturated rings. The van der Waals surface area contributed by atoms with Gasteiger partial charge in [0.2, 0.25) is 0 Å². The largest absolute Gasteiger partial charge is 0.487 e. The zero-order valence-electron chi connectivity index (χ0n) is 16.2. The first kappa shape index (κ1) is 20.4. The van der Waals surface area contributed by atoms with Gasteiger partial charge in [-0.1, -0.05) is 48.0 Å². The van der Waals surface area contributed by atoms with Crippen molar-refractivity contribution >= 4 is 34.7 Å². The van der Waals surface area contributed by atoms with Crippen LogP contribution in [0, 0.1) is 0 Å². The molecule has 1 aliphatic rings. The lowest BCUT2D eigenvalue weighted by Gasteiger charge is -2.37. The third-order valence-corrected chi connectivity index (χ3v) is 5.45. The Morgan fingerprint density at radius 2 is 1.96 bits per heavy atom. The van der Waals surface area contributed by atoms with Crippen molar-refractivity contribution in [3.05, 3.63) is 76.0 Å². The Labute approximate surface area is 176 Å². The van der Waals surface area contributed by atoms with Gasteiger partial charge in [0, 0.05) is 17.8 Å². The van der Waals surface area contributed by atoms with Crippen LogP contribution in [0.2, 0.25) is 5.02 Å². The Kier molecular flexibility index (Phi) is 6.37. The lowest BCUT2D eigenvalue weighted by molar-refractivity contribution is -0.114. The normalized spacial score (nSPS) is 16.8. The predicted octanol–water partition coefficient (Wildman–Crippen LogP) is 5.03. The fraction of sp³-hybridized carbons (Fsp3) is 0.273. The number of hydrogen-bond donors (Lipinski definition) is 1. The summed E-state index contributed by atoms with van der Waals surface area (Å²) in [5.74, 6) is 0.615. The summed E-state index contributed by atoms with van der Waals surface area (Å²) in [5, 5.41) is 4.39. The Hall–Kier alpha value is -2.37. The molecule has 1 heterocycles. The fourth-order valence-corrected chi connectivity index (χ4v) is 4.05. The van der Waals surface area contributed by atoms with Crippen LogP contribution in [-0.2, 0) is 11.4 Å². The molecule has 146 valence electrons. The van der Waals surface area contributed by atoms with Crippen LogP contribution in [0.15, 0.2) is 59.8 Å². The Bertz CT molecular complexity index is 927. The summed E-state index contributed by atoms with van der Waals surface area (Å²) in [5.41, 5.74) is 3.52. The molecule has 0 amide bonds. The van der Waals surface area contributed by atoms with E-state index in [1.54, 1.807) is 6.92 Å². The van der Waals surface area contributed by atoms with Gasteiger partial charge in [-0.05, 0) is 56.2 Å². The third kappa shape index (κ3) is 4.21. The Morgan fingerprint density at radius 3 is 2.57 bits per heavy atom. The molecule has 1 atom stereocenters. The smallest absolute Gasteiger partial charge is 0.173 e.